The van der Waals surface area contributed by atoms with Crippen LogP contribution in [-0.2, 0) is 21.5 Å². The number of carbonyl (C=O) groups is 1. The highest BCUT2D eigenvalue weighted by atomic mass is 32.2. The number of esters is 1. The number of benzene rings is 2. The Balaban J connectivity index is 1.76. The zero-order valence-corrected chi connectivity index (χ0v) is 27.7. The molecule has 1 fully saturated rings. The van der Waals surface area contributed by atoms with E-state index in [0.717, 1.165) is 56.9 Å². The van der Waals surface area contributed by atoms with Crippen molar-refractivity contribution in [3.8, 4) is 11.3 Å². The maximum absolute atomic E-state index is 13.7. The van der Waals surface area contributed by atoms with Gasteiger partial charge in [0.15, 0.2) is 0 Å². The van der Waals surface area contributed by atoms with Gasteiger partial charge in [0.2, 0.25) is 0 Å². The third kappa shape index (κ3) is 5.27. The topological polar surface area (TPSA) is 34.5 Å². The van der Waals surface area contributed by atoms with Gasteiger partial charge in [0, 0.05) is 65.5 Å². The van der Waals surface area contributed by atoms with Gasteiger partial charge < -0.3 is 9.30 Å². The van der Waals surface area contributed by atoms with Gasteiger partial charge in [-0.2, -0.15) is 23.5 Å². The maximum atomic E-state index is 13.7. The summed E-state index contributed by atoms with van der Waals surface area (Å²) in [5.41, 5.74) is 7.41. The van der Waals surface area contributed by atoms with Crippen molar-refractivity contribution in [2.24, 2.45) is 5.41 Å². The number of fused-ring (bicyclic) bond motifs is 8. The first-order valence-electron chi connectivity index (χ1n) is 15.3. The fourth-order valence-corrected chi connectivity index (χ4v) is 8.85. The number of rotatable bonds is 11. The Bertz CT molecular complexity index is 1390. The molecule has 222 valence electrons. The molecule has 1 saturated carbocycles. The van der Waals surface area contributed by atoms with Gasteiger partial charge in [-0.05, 0) is 67.0 Å². The van der Waals surface area contributed by atoms with Crippen LogP contribution >= 0.6 is 23.5 Å². The molecule has 6 heteroatoms. The van der Waals surface area contributed by atoms with E-state index in [4.69, 9.17) is 4.74 Å². The molecule has 0 spiro atoms. The van der Waals surface area contributed by atoms with Crippen LogP contribution in [-0.4, -0.2) is 66.2 Å². The summed E-state index contributed by atoms with van der Waals surface area (Å²) in [6, 6.07) is 16.1. The molecule has 2 aromatic carbocycles. The highest BCUT2D eigenvalue weighted by molar-refractivity contribution is 7.98. The lowest BCUT2D eigenvalue weighted by Gasteiger charge is -2.54. The second kappa shape index (κ2) is 12.4. The lowest BCUT2D eigenvalue weighted by atomic mass is 9.49. The second-order valence-corrected chi connectivity index (χ2v) is 14.8. The number of carbonyl (C=O) groups excluding carboxylic acids is 1. The standard InChI is InChI=1S/C35H48N2O2S2/c1-24(2)25-13-14-28-27(23-25)31-30(32-34(28,3)15-10-16-35(32,4)33(38)39-5)26-11-8-9-12-29(26)37(31)18-17-36(19-21-40-6)20-22-41-7/h8-9,11-14,23-24,32H,10,15-22H2,1-7H3/t32?,34-,35-/m1/s1. The van der Waals surface area contributed by atoms with Crippen molar-refractivity contribution in [2.45, 2.75) is 70.8 Å². The summed E-state index contributed by atoms with van der Waals surface area (Å²) in [7, 11) is 1.56. The van der Waals surface area contributed by atoms with E-state index in [1.54, 1.807) is 7.11 Å². The summed E-state index contributed by atoms with van der Waals surface area (Å²) in [4.78, 5) is 16.3. The first kappa shape index (κ1) is 30.6. The van der Waals surface area contributed by atoms with Crippen molar-refractivity contribution in [3.63, 3.8) is 0 Å². The van der Waals surface area contributed by atoms with E-state index in [9.17, 15) is 4.79 Å². The van der Waals surface area contributed by atoms with E-state index in [0.29, 0.717) is 5.92 Å². The monoisotopic (exact) mass is 592 g/mol. The molecule has 0 saturated heterocycles. The quantitative estimate of drug-likeness (QED) is 0.210. The predicted octanol–water partition coefficient (Wildman–Crippen LogP) is 8.18. The normalized spacial score (nSPS) is 23.5. The van der Waals surface area contributed by atoms with Gasteiger partial charge in [0.1, 0.15) is 0 Å². The predicted molar refractivity (Wildman–Crippen MR) is 179 cm³/mol. The van der Waals surface area contributed by atoms with Crippen LogP contribution in [0, 0.1) is 5.41 Å². The zero-order valence-electron chi connectivity index (χ0n) is 26.1. The van der Waals surface area contributed by atoms with Gasteiger partial charge in [-0.15, -0.1) is 0 Å². The summed E-state index contributed by atoms with van der Waals surface area (Å²) in [6.07, 6.45) is 7.36. The minimum absolute atomic E-state index is 0.0545. The smallest absolute Gasteiger partial charge is 0.312 e. The molecule has 4 nitrogen and oxygen atoms in total. The van der Waals surface area contributed by atoms with Crippen LogP contribution in [0.2, 0.25) is 0 Å². The second-order valence-electron chi connectivity index (χ2n) is 12.8. The van der Waals surface area contributed by atoms with Crippen molar-refractivity contribution in [2.75, 3.05) is 50.8 Å². The molecule has 0 N–H and O–H groups in total. The summed E-state index contributed by atoms with van der Waals surface area (Å²) >= 11 is 3.85. The van der Waals surface area contributed by atoms with Crippen LogP contribution in [0.25, 0.3) is 22.2 Å². The Labute approximate surface area is 256 Å². The number of hydrogen-bond donors (Lipinski definition) is 0. The number of aromatic nitrogens is 1. The van der Waals surface area contributed by atoms with E-state index in [2.05, 4.69) is 92.1 Å². The van der Waals surface area contributed by atoms with Gasteiger partial charge in [0.25, 0.3) is 0 Å². The molecule has 5 rings (SSSR count). The number of nitrogens with zero attached hydrogens (tertiary/aromatic N) is 2. The van der Waals surface area contributed by atoms with Crippen molar-refractivity contribution < 1.29 is 9.53 Å². The Hall–Kier alpha value is -1.89. The molecule has 2 aliphatic carbocycles. The van der Waals surface area contributed by atoms with Crippen LogP contribution in [0.4, 0.5) is 0 Å². The fourth-order valence-electron chi connectivity index (χ4n) is 7.97. The summed E-state index contributed by atoms with van der Waals surface area (Å²) in [5, 5.41) is 1.30. The van der Waals surface area contributed by atoms with E-state index < -0.39 is 5.41 Å². The Morgan fingerprint density at radius 1 is 1.05 bits per heavy atom. The average Bonchev–Trinajstić information content (AvgIpc) is 3.29. The molecule has 2 aliphatic rings. The fraction of sp³-hybridized carbons (Fsp3) is 0.571. The number of hydrogen-bond acceptors (Lipinski definition) is 5. The van der Waals surface area contributed by atoms with Crippen molar-refractivity contribution in [1.82, 2.24) is 9.47 Å². The third-order valence-corrected chi connectivity index (χ3v) is 11.2. The minimum Gasteiger partial charge on any atom is -0.469 e. The van der Waals surface area contributed by atoms with Crippen LogP contribution in [0.5, 0.6) is 0 Å². The number of methoxy groups -OCH3 is 1. The van der Waals surface area contributed by atoms with Gasteiger partial charge >= 0.3 is 5.97 Å². The summed E-state index contributed by atoms with van der Waals surface area (Å²) in [6.45, 7) is 13.3. The molecule has 1 heterocycles. The van der Waals surface area contributed by atoms with E-state index in [1.807, 2.05) is 23.5 Å². The molecule has 3 atom stereocenters. The maximum Gasteiger partial charge on any atom is 0.312 e. The Morgan fingerprint density at radius 3 is 2.41 bits per heavy atom. The minimum atomic E-state index is -0.581. The van der Waals surface area contributed by atoms with Crippen molar-refractivity contribution in [1.29, 1.82) is 0 Å². The van der Waals surface area contributed by atoms with Gasteiger partial charge in [-0.3, -0.25) is 9.69 Å². The molecule has 1 aromatic heterocycles. The molecule has 0 bridgehead atoms. The van der Waals surface area contributed by atoms with Crippen molar-refractivity contribution in [3.05, 3.63) is 59.2 Å². The van der Waals surface area contributed by atoms with Crippen LogP contribution in [0.15, 0.2) is 42.5 Å². The van der Waals surface area contributed by atoms with Crippen LogP contribution < -0.4 is 0 Å². The zero-order chi connectivity index (χ0) is 29.4. The SMILES string of the molecule is COC(=O)[C@]1(C)CCC[C@]2(C)c3ccc(C(C)C)cc3-c3c(c4ccccc4n3CCN(CCSC)CCSC)C12. The van der Waals surface area contributed by atoms with E-state index in [1.165, 1.54) is 38.9 Å². The largest absolute Gasteiger partial charge is 0.469 e. The summed E-state index contributed by atoms with van der Waals surface area (Å²) < 4.78 is 8.16. The van der Waals surface area contributed by atoms with Crippen molar-refractivity contribution >= 4 is 40.4 Å². The average molecular weight is 593 g/mol. The van der Waals surface area contributed by atoms with E-state index >= 15 is 0 Å². The lowest BCUT2D eigenvalue weighted by Crippen LogP contribution is -2.50. The number of ether oxygens (including phenoxy) is 1. The molecule has 41 heavy (non-hydrogen) atoms. The Morgan fingerprint density at radius 2 is 1.76 bits per heavy atom. The number of para-hydroxylation sites is 1. The van der Waals surface area contributed by atoms with Gasteiger partial charge in [-0.1, -0.05) is 57.5 Å². The van der Waals surface area contributed by atoms with Crippen LogP contribution in [0.1, 0.15) is 75.5 Å². The van der Waals surface area contributed by atoms with E-state index in [-0.39, 0.29) is 17.3 Å². The molecule has 0 radical (unpaired) electrons. The van der Waals surface area contributed by atoms with Gasteiger partial charge in [-0.25, -0.2) is 0 Å². The molecule has 1 unspecified atom stereocenters. The molecule has 0 aliphatic heterocycles. The molecule has 3 aromatic rings. The summed E-state index contributed by atoms with van der Waals surface area (Å²) in [5.74, 6) is 2.74. The highest BCUT2D eigenvalue weighted by Gasteiger charge is 2.58. The number of thioether (sulfide) groups is 2. The first-order valence-corrected chi connectivity index (χ1v) is 18.0. The van der Waals surface area contributed by atoms with Crippen LogP contribution in [0.3, 0.4) is 0 Å². The first-order chi connectivity index (χ1) is 19.7. The third-order valence-electron chi connectivity index (χ3n) is 10.1. The highest BCUT2D eigenvalue weighted by Crippen LogP contribution is 2.65. The molecule has 0 amide bonds. The lowest BCUT2D eigenvalue weighted by molar-refractivity contribution is -0.157. The molecular formula is C35H48N2O2S2. The van der Waals surface area contributed by atoms with Gasteiger partial charge in [0.05, 0.1) is 18.2 Å². The molecular weight excluding hydrogens is 545 g/mol. The Kier molecular flexibility index (Phi) is 9.23.